The topological polar surface area (TPSA) is 57.3 Å². The lowest BCUT2D eigenvalue weighted by Crippen LogP contribution is -2.07. The van der Waals surface area contributed by atoms with Gasteiger partial charge in [-0.25, -0.2) is 0 Å². The van der Waals surface area contributed by atoms with Crippen LogP contribution in [-0.2, 0) is 13.2 Å². The minimum Gasteiger partial charge on any atom is -0.484 e. The minimum atomic E-state index is -0.164. The third kappa shape index (κ3) is 4.83. The molecule has 0 unspecified atom stereocenters. The van der Waals surface area contributed by atoms with E-state index in [-0.39, 0.29) is 12.4 Å². The molecule has 27 heavy (non-hydrogen) atoms. The number of hydrogen-bond acceptors (Lipinski definition) is 4. The molecule has 0 amide bonds. The van der Waals surface area contributed by atoms with E-state index in [1.807, 2.05) is 6.92 Å². The lowest BCUT2D eigenvalue weighted by Gasteiger charge is -2.06. The smallest absolute Gasteiger partial charge is 0.205 e. The minimum absolute atomic E-state index is 0.164. The highest BCUT2D eigenvalue weighted by atomic mass is 79.9. The van der Waals surface area contributed by atoms with Gasteiger partial charge in [0, 0.05) is 11.6 Å². The molecule has 2 heterocycles. The van der Waals surface area contributed by atoms with Crippen LogP contribution in [0.15, 0.2) is 51.5 Å². The number of ketones is 1. The standard InChI is InChI=1S/C19H15BrCl2N2O3/c1-2-24-19(15(20)10-23-24)17(25)7-6-13-4-5-14(27-13)11-26-18-8-3-12(21)9-16(18)22/h3-10H,2,11H2,1H3/b7-6+. The Morgan fingerprint density at radius 1 is 1.33 bits per heavy atom. The highest BCUT2D eigenvalue weighted by Crippen LogP contribution is 2.28. The molecule has 0 saturated carbocycles. The maximum atomic E-state index is 12.4. The van der Waals surface area contributed by atoms with Crippen molar-refractivity contribution in [1.82, 2.24) is 9.78 Å². The fraction of sp³-hybridized carbons (Fsp3) is 0.158. The van der Waals surface area contributed by atoms with Crippen molar-refractivity contribution in [3.8, 4) is 5.75 Å². The predicted molar refractivity (Wildman–Crippen MR) is 108 cm³/mol. The van der Waals surface area contributed by atoms with Crippen LogP contribution in [0.4, 0.5) is 0 Å². The fourth-order valence-electron chi connectivity index (χ4n) is 2.39. The summed E-state index contributed by atoms with van der Waals surface area (Å²) in [6.07, 6.45) is 4.67. The molecule has 8 heteroatoms. The molecular weight excluding hydrogens is 455 g/mol. The molecule has 0 spiro atoms. The third-order valence-electron chi connectivity index (χ3n) is 3.67. The van der Waals surface area contributed by atoms with Crippen LogP contribution in [0.3, 0.4) is 0 Å². The van der Waals surface area contributed by atoms with Crippen molar-refractivity contribution >= 4 is 51.0 Å². The monoisotopic (exact) mass is 468 g/mol. The molecule has 2 aromatic heterocycles. The Bertz CT molecular complexity index is 995. The first-order valence-corrected chi connectivity index (χ1v) is 9.63. The summed E-state index contributed by atoms with van der Waals surface area (Å²) in [6.45, 7) is 2.74. The van der Waals surface area contributed by atoms with Crippen molar-refractivity contribution < 1.29 is 13.9 Å². The van der Waals surface area contributed by atoms with Crippen LogP contribution in [-0.4, -0.2) is 15.6 Å². The number of aryl methyl sites for hydroxylation is 1. The molecule has 3 aromatic rings. The van der Waals surface area contributed by atoms with E-state index in [0.717, 1.165) is 0 Å². The number of rotatable bonds is 7. The van der Waals surface area contributed by atoms with Gasteiger partial charge in [0.2, 0.25) is 5.78 Å². The lowest BCUT2D eigenvalue weighted by molar-refractivity contribution is 0.103. The van der Waals surface area contributed by atoms with E-state index in [1.54, 1.807) is 47.3 Å². The summed E-state index contributed by atoms with van der Waals surface area (Å²) in [5, 5.41) is 5.10. The molecule has 0 aliphatic rings. The van der Waals surface area contributed by atoms with Gasteiger partial charge in [-0.15, -0.1) is 0 Å². The van der Waals surface area contributed by atoms with Crippen LogP contribution in [0.2, 0.25) is 10.0 Å². The summed E-state index contributed by atoms with van der Waals surface area (Å²) in [4.78, 5) is 12.4. The molecule has 0 atom stereocenters. The molecule has 5 nitrogen and oxygen atoms in total. The summed E-state index contributed by atoms with van der Waals surface area (Å²) in [5.41, 5.74) is 0.501. The van der Waals surface area contributed by atoms with Gasteiger partial charge in [-0.05, 0) is 65.3 Å². The molecule has 0 aliphatic heterocycles. The number of nitrogens with zero attached hydrogens (tertiary/aromatic N) is 2. The van der Waals surface area contributed by atoms with Gasteiger partial charge in [0.15, 0.2) is 0 Å². The SMILES string of the molecule is CCn1ncc(Br)c1C(=O)/C=C/c1ccc(COc2ccc(Cl)cc2Cl)o1. The van der Waals surface area contributed by atoms with Gasteiger partial charge in [-0.2, -0.15) is 5.10 Å². The van der Waals surface area contributed by atoms with Crippen molar-refractivity contribution in [2.75, 3.05) is 0 Å². The van der Waals surface area contributed by atoms with Crippen LogP contribution < -0.4 is 4.74 Å². The van der Waals surface area contributed by atoms with Crippen LogP contribution in [0, 0.1) is 0 Å². The van der Waals surface area contributed by atoms with Crippen LogP contribution >= 0.6 is 39.1 Å². The molecule has 140 valence electrons. The normalized spacial score (nSPS) is 11.3. The van der Waals surface area contributed by atoms with Gasteiger partial charge in [0.1, 0.15) is 29.6 Å². The molecular formula is C19H15BrCl2N2O3. The zero-order valence-corrected chi connectivity index (χ0v) is 17.4. The second kappa shape index (κ2) is 8.78. The molecule has 1 aromatic carbocycles. The van der Waals surface area contributed by atoms with E-state index in [2.05, 4.69) is 21.0 Å². The Morgan fingerprint density at radius 3 is 2.89 bits per heavy atom. The first-order valence-electron chi connectivity index (χ1n) is 8.08. The first-order chi connectivity index (χ1) is 13.0. The van der Waals surface area contributed by atoms with E-state index in [9.17, 15) is 4.79 Å². The van der Waals surface area contributed by atoms with Crippen molar-refractivity contribution in [2.24, 2.45) is 0 Å². The summed E-state index contributed by atoms with van der Waals surface area (Å²) in [6, 6.07) is 8.55. The zero-order chi connectivity index (χ0) is 19.4. The average molecular weight is 470 g/mol. The number of allylic oxidation sites excluding steroid dienone is 1. The molecule has 0 N–H and O–H groups in total. The van der Waals surface area contributed by atoms with E-state index >= 15 is 0 Å². The molecule has 3 rings (SSSR count). The van der Waals surface area contributed by atoms with E-state index in [1.165, 1.54) is 6.08 Å². The summed E-state index contributed by atoms with van der Waals surface area (Å²) < 4.78 is 13.6. The van der Waals surface area contributed by atoms with Crippen molar-refractivity contribution in [3.63, 3.8) is 0 Å². The number of furan rings is 1. The fourth-order valence-corrected chi connectivity index (χ4v) is 3.34. The number of carbonyl (C=O) groups excluding carboxylic acids is 1. The van der Waals surface area contributed by atoms with Crippen LogP contribution in [0.5, 0.6) is 5.75 Å². The van der Waals surface area contributed by atoms with Gasteiger partial charge in [0.25, 0.3) is 0 Å². The number of carbonyl (C=O) groups is 1. The van der Waals surface area contributed by atoms with Gasteiger partial charge in [-0.1, -0.05) is 23.2 Å². The molecule has 0 radical (unpaired) electrons. The second-order valence-corrected chi connectivity index (χ2v) is 7.22. The Balaban J connectivity index is 1.64. The Hall–Kier alpha value is -2.02. The van der Waals surface area contributed by atoms with E-state index in [0.29, 0.717) is 44.0 Å². The molecule has 0 fully saturated rings. The largest absolute Gasteiger partial charge is 0.484 e. The summed E-state index contributed by atoms with van der Waals surface area (Å²) in [5.74, 6) is 1.50. The van der Waals surface area contributed by atoms with E-state index in [4.69, 9.17) is 32.4 Å². The third-order valence-corrected chi connectivity index (χ3v) is 4.78. The van der Waals surface area contributed by atoms with Gasteiger partial charge < -0.3 is 9.15 Å². The Morgan fingerprint density at radius 2 is 2.15 bits per heavy atom. The Kier molecular flexibility index (Phi) is 6.42. The van der Waals surface area contributed by atoms with E-state index < -0.39 is 0 Å². The number of halogens is 3. The lowest BCUT2D eigenvalue weighted by atomic mass is 10.2. The van der Waals surface area contributed by atoms with Crippen LogP contribution in [0.25, 0.3) is 6.08 Å². The number of hydrogen-bond donors (Lipinski definition) is 0. The number of ether oxygens (including phenoxy) is 1. The summed E-state index contributed by atoms with van der Waals surface area (Å²) in [7, 11) is 0. The molecule has 0 aliphatic carbocycles. The van der Waals surface area contributed by atoms with Crippen molar-refractivity contribution in [2.45, 2.75) is 20.1 Å². The summed E-state index contributed by atoms with van der Waals surface area (Å²) >= 11 is 15.3. The number of aromatic nitrogens is 2. The van der Waals surface area contributed by atoms with Crippen molar-refractivity contribution in [1.29, 1.82) is 0 Å². The second-order valence-electron chi connectivity index (χ2n) is 5.52. The zero-order valence-electron chi connectivity index (χ0n) is 14.3. The quantitative estimate of drug-likeness (QED) is 0.312. The average Bonchev–Trinajstić information content (AvgIpc) is 3.25. The molecule has 0 saturated heterocycles. The Labute approximate surface area is 174 Å². The molecule has 0 bridgehead atoms. The highest BCUT2D eigenvalue weighted by molar-refractivity contribution is 9.10. The van der Waals surface area contributed by atoms with Crippen molar-refractivity contribution in [3.05, 3.63) is 74.3 Å². The first kappa shape index (κ1) is 19.7. The van der Waals surface area contributed by atoms with Gasteiger partial charge in [0.05, 0.1) is 15.7 Å². The maximum Gasteiger partial charge on any atom is 0.205 e. The van der Waals surface area contributed by atoms with Crippen LogP contribution in [0.1, 0.15) is 28.9 Å². The maximum absolute atomic E-state index is 12.4. The predicted octanol–water partition coefficient (Wildman–Crippen LogP) is 6.04. The van der Waals surface area contributed by atoms with Gasteiger partial charge in [-0.3, -0.25) is 9.48 Å². The number of benzene rings is 1. The highest BCUT2D eigenvalue weighted by Gasteiger charge is 2.14. The van der Waals surface area contributed by atoms with Gasteiger partial charge >= 0.3 is 0 Å².